The molecule has 0 aromatic heterocycles. The van der Waals surface area contributed by atoms with Crippen molar-refractivity contribution in [1.29, 1.82) is 0 Å². The fourth-order valence-electron chi connectivity index (χ4n) is 2.19. The summed E-state index contributed by atoms with van der Waals surface area (Å²) in [6, 6.07) is -1.46. The van der Waals surface area contributed by atoms with Crippen LogP contribution in [0.2, 0.25) is 0 Å². The molecule has 0 amide bonds. The van der Waals surface area contributed by atoms with Crippen molar-refractivity contribution in [1.82, 2.24) is 0 Å². The molecule has 0 aliphatic carbocycles. The Hall–Kier alpha value is -2.17. The predicted molar refractivity (Wildman–Crippen MR) is 102 cm³/mol. The minimum absolute atomic E-state index is 0.108. The fourth-order valence-corrected chi connectivity index (χ4v) is 2.19. The van der Waals surface area contributed by atoms with Crippen molar-refractivity contribution < 1.29 is 14.8 Å². The lowest BCUT2D eigenvalue weighted by molar-refractivity contribution is -0.511. The van der Waals surface area contributed by atoms with E-state index in [1.807, 2.05) is 0 Å². The number of nitro groups is 1. The van der Waals surface area contributed by atoms with Crippen LogP contribution in [0, 0.1) is 10.1 Å². The molecule has 5 heteroatoms. The topological polar surface area (TPSA) is 80.4 Å². The van der Waals surface area contributed by atoms with Crippen LogP contribution in [-0.2, 0) is 4.79 Å². The van der Waals surface area contributed by atoms with Crippen LogP contribution in [0.3, 0.4) is 0 Å². The number of aliphatic carboxylic acids is 1. The van der Waals surface area contributed by atoms with Crippen LogP contribution in [-0.4, -0.2) is 22.0 Å². The zero-order chi connectivity index (χ0) is 18.8. The van der Waals surface area contributed by atoms with Crippen molar-refractivity contribution in [3.8, 4) is 0 Å². The Balaban J connectivity index is 3.57. The molecule has 0 heterocycles. The zero-order valence-corrected chi connectivity index (χ0v) is 15.2. The lowest BCUT2D eigenvalue weighted by atomic mass is 10.1. The summed E-state index contributed by atoms with van der Waals surface area (Å²) in [4.78, 5) is 20.5. The molecule has 5 nitrogen and oxygen atoms in total. The maximum absolute atomic E-state index is 10.7. The minimum atomic E-state index is -1.46. The number of allylic oxidation sites excluding steroid dienone is 8. The van der Waals surface area contributed by atoms with Crippen LogP contribution < -0.4 is 0 Å². The lowest BCUT2D eigenvalue weighted by Crippen LogP contribution is -2.28. The average molecular weight is 349 g/mol. The number of rotatable bonds is 15. The normalized spacial score (nSPS) is 13.5. The standard InChI is InChI=1S/C20H31NO4/c1-2-3-4-5-6-7-8-9-10-11-12-13-14-15-16-17-18-19(20(22)23)21(24)25/h3-4,6-7,9-10,12-13,19H,2,5,8,11,14-18H2,1H3,(H,22,23). The quantitative estimate of drug-likeness (QED) is 0.184. The van der Waals surface area contributed by atoms with Crippen LogP contribution in [0.25, 0.3) is 0 Å². The van der Waals surface area contributed by atoms with E-state index in [9.17, 15) is 14.9 Å². The molecule has 0 aromatic rings. The Morgan fingerprint density at radius 1 is 0.920 bits per heavy atom. The number of unbranched alkanes of at least 4 members (excludes halogenated alkanes) is 3. The van der Waals surface area contributed by atoms with Crippen molar-refractivity contribution >= 4 is 5.97 Å². The Morgan fingerprint density at radius 2 is 1.44 bits per heavy atom. The second-order valence-corrected chi connectivity index (χ2v) is 5.78. The monoisotopic (exact) mass is 349 g/mol. The van der Waals surface area contributed by atoms with Gasteiger partial charge in [0.15, 0.2) is 0 Å². The summed E-state index contributed by atoms with van der Waals surface area (Å²) in [6.45, 7) is 2.13. The average Bonchev–Trinajstić information content (AvgIpc) is 2.57. The molecule has 1 N–H and O–H groups in total. The predicted octanol–water partition coefficient (Wildman–Crippen LogP) is 5.47. The Labute approximate surface area is 151 Å². The van der Waals surface area contributed by atoms with Crippen LogP contribution in [0.4, 0.5) is 0 Å². The van der Waals surface area contributed by atoms with E-state index < -0.39 is 16.9 Å². The molecule has 0 aliphatic rings. The van der Waals surface area contributed by atoms with Crippen LogP contribution in [0.1, 0.15) is 64.7 Å². The number of nitrogens with zero attached hydrogens (tertiary/aromatic N) is 1. The summed E-state index contributed by atoms with van der Waals surface area (Å²) < 4.78 is 0. The molecule has 25 heavy (non-hydrogen) atoms. The Bertz CT molecular complexity index is 464. The summed E-state index contributed by atoms with van der Waals surface area (Å²) >= 11 is 0. The third-order valence-electron chi connectivity index (χ3n) is 3.61. The number of hydrogen-bond donors (Lipinski definition) is 1. The molecular weight excluding hydrogens is 318 g/mol. The van der Waals surface area contributed by atoms with E-state index in [1.54, 1.807) is 0 Å². The van der Waals surface area contributed by atoms with Crippen LogP contribution in [0.5, 0.6) is 0 Å². The molecule has 0 fully saturated rings. The first-order valence-electron chi connectivity index (χ1n) is 9.05. The van der Waals surface area contributed by atoms with E-state index in [4.69, 9.17) is 5.11 Å². The van der Waals surface area contributed by atoms with Crippen molar-refractivity contribution in [3.63, 3.8) is 0 Å². The van der Waals surface area contributed by atoms with Crippen molar-refractivity contribution in [2.75, 3.05) is 0 Å². The summed E-state index contributed by atoms with van der Waals surface area (Å²) in [5.41, 5.74) is 0. The fraction of sp³-hybridized carbons (Fsp3) is 0.550. The van der Waals surface area contributed by atoms with Gasteiger partial charge in [-0.15, -0.1) is 0 Å². The van der Waals surface area contributed by atoms with Gasteiger partial charge in [-0.1, -0.05) is 62.0 Å². The van der Waals surface area contributed by atoms with E-state index in [0.717, 1.165) is 44.9 Å². The highest BCUT2D eigenvalue weighted by atomic mass is 16.6. The van der Waals surface area contributed by atoms with E-state index in [2.05, 4.69) is 55.5 Å². The summed E-state index contributed by atoms with van der Waals surface area (Å²) in [5.74, 6) is -1.34. The molecule has 0 saturated carbocycles. The van der Waals surface area contributed by atoms with Gasteiger partial charge in [0.25, 0.3) is 0 Å². The Morgan fingerprint density at radius 3 is 1.92 bits per heavy atom. The first-order valence-corrected chi connectivity index (χ1v) is 9.05. The summed E-state index contributed by atoms with van der Waals surface area (Å²) in [5, 5.41) is 19.2. The van der Waals surface area contributed by atoms with Gasteiger partial charge in [0.1, 0.15) is 0 Å². The first kappa shape index (κ1) is 22.8. The lowest BCUT2D eigenvalue weighted by Gasteiger charge is -2.03. The van der Waals surface area contributed by atoms with E-state index >= 15 is 0 Å². The molecule has 0 rings (SSSR count). The Kier molecular flexibility index (Phi) is 15.2. The maximum atomic E-state index is 10.7. The second-order valence-electron chi connectivity index (χ2n) is 5.78. The molecule has 0 aliphatic heterocycles. The highest BCUT2D eigenvalue weighted by Crippen LogP contribution is 2.09. The van der Waals surface area contributed by atoms with E-state index in [1.165, 1.54) is 0 Å². The molecule has 140 valence electrons. The van der Waals surface area contributed by atoms with Gasteiger partial charge in [-0.05, 0) is 44.9 Å². The largest absolute Gasteiger partial charge is 0.476 e. The summed E-state index contributed by atoms with van der Waals surface area (Å²) in [7, 11) is 0. The third kappa shape index (κ3) is 15.1. The van der Waals surface area contributed by atoms with Gasteiger partial charge < -0.3 is 5.11 Å². The molecule has 0 spiro atoms. The van der Waals surface area contributed by atoms with Crippen molar-refractivity contribution in [2.45, 2.75) is 70.8 Å². The second kappa shape index (κ2) is 16.7. The SMILES string of the molecule is CCC=CCC=CCC=CCC=CCCCCCC(C(=O)O)[N+](=O)[O-]. The van der Waals surface area contributed by atoms with Crippen LogP contribution in [0.15, 0.2) is 48.6 Å². The van der Waals surface area contributed by atoms with Gasteiger partial charge in [-0.3, -0.25) is 10.1 Å². The van der Waals surface area contributed by atoms with Gasteiger partial charge in [0.05, 0.1) is 0 Å². The molecular formula is C20H31NO4. The number of carboxylic acid groups (broad SMARTS) is 1. The van der Waals surface area contributed by atoms with E-state index in [0.29, 0.717) is 6.42 Å². The van der Waals surface area contributed by atoms with E-state index in [-0.39, 0.29) is 6.42 Å². The van der Waals surface area contributed by atoms with Crippen molar-refractivity contribution in [2.24, 2.45) is 0 Å². The molecule has 1 atom stereocenters. The number of carbonyl (C=O) groups is 1. The molecule has 1 unspecified atom stereocenters. The summed E-state index contributed by atoms with van der Waals surface area (Å²) in [6.07, 6.45) is 24.5. The van der Waals surface area contributed by atoms with Crippen molar-refractivity contribution in [3.05, 3.63) is 58.7 Å². The van der Waals surface area contributed by atoms with Gasteiger partial charge in [0.2, 0.25) is 0 Å². The van der Waals surface area contributed by atoms with Gasteiger partial charge in [0, 0.05) is 11.3 Å². The smallest absolute Gasteiger partial charge is 0.379 e. The highest BCUT2D eigenvalue weighted by molar-refractivity contribution is 5.71. The first-order chi connectivity index (χ1) is 12.1. The molecule has 0 saturated heterocycles. The van der Waals surface area contributed by atoms with Crippen LogP contribution >= 0.6 is 0 Å². The number of carboxylic acids is 1. The maximum Gasteiger partial charge on any atom is 0.379 e. The zero-order valence-electron chi connectivity index (χ0n) is 15.2. The highest BCUT2D eigenvalue weighted by Gasteiger charge is 2.27. The molecule has 0 radical (unpaired) electrons. The van der Waals surface area contributed by atoms with Gasteiger partial charge in [-0.25, -0.2) is 4.79 Å². The number of hydrogen-bond acceptors (Lipinski definition) is 3. The molecule has 0 aromatic carbocycles. The molecule has 0 bridgehead atoms. The van der Waals surface area contributed by atoms with Gasteiger partial charge in [-0.2, -0.15) is 0 Å². The van der Waals surface area contributed by atoms with Gasteiger partial charge >= 0.3 is 12.0 Å². The minimum Gasteiger partial charge on any atom is -0.476 e. The third-order valence-corrected chi connectivity index (χ3v) is 3.61.